The fraction of sp³-hybridized carbons (Fsp3) is 0.227. The molecule has 0 radical (unpaired) electrons. The van der Waals surface area contributed by atoms with Crippen LogP contribution in [-0.4, -0.2) is 21.7 Å². The van der Waals surface area contributed by atoms with Crippen LogP contribution in [-0.2, 0) is 4.79 Å². The van der Waals surface area contributed by atoms with Gasteiger partial charge in [-0.3, -0.25) is 9.89 Å². The molecule has 5 nitrogen and oxygen atoms in total. The van der Waals surface area contributed by atoms with Crippen LogP contribution in [0.4, 0.5) is 5.82 Å². The van der Waals surface area contributed by atoms with Crippen LogP contribution in [0.1, 0.15) is 36.3 Å². The predicted octanol–water partition coefficient (Wildman–Crippen LogP) is 5.44. The molecule has 2 aliphatic rings. The van der Waals surface area contributed by atoms with Crippen LogP contribution in [0.2, 0.25) is 5.02 Å². The molecule has 1 fully saturated rings. The Kier molecular flexibility index (Phi) is 4.24. The lowest BCUT2D eigenvalue weighted by Crippen LogP contribution is -2.36. The van der Waals surface area contributed by atoms with E-state index >= 15 is 0 Å². The fourth-order valence-electron chi connectivity index (χ4n) is 4.16. The molecule has 6 heteroatoms. The molecule has 5 rings (SSSR count). The number of carbonyl (C=O) groups excluding carboxylic acids is 1. The maximum absolute atomic E-state index is 12.8. The van der Waals surface area contributed by atoms with Crippen LogP contribution in [0.15, 0.2) is 59.7 Å². The van der Waals surface area contributed by atoms with Crippen molar-refractivity contribution in [1.29, 1.82) is 0 Å². The molecular weight excluding hydrogens is 374 g/mol. The van der Waals surface area contributed by atoms with Gasteiger partial charge in [0.1, 0.15) is 17.3 Å². The summed E-state index contributed by atoms with van der Waals surface area (Å²) in [6.45, 7) is 0. The molecule has 1 aliphatic carbocycles. The quantitative estimate of drug-likeness (QED) is 0.646. The van der Waals surface area contributed by atoms with Crippen molar-refractivity contribution in [3.8, 4) is 11.5 Å². The zero-order valence-electron chi connectivity index (χ0n) is 15.1. The second kappa shape index (κ2) is 6.91. The van der Waals surface area contributed by atoms with Crippen LogP contribution in [0, 0.1) is 5.92 Å². The molecule has 2 aromatic carbocycles. The first kappa shape index (κ1) is 17.2. The molecular formula is C22H18ClN3O2. The van der Waals surface area contributed by atoms with E-state index in [4.69, 9.17) is 16.3 Å². The SMILES string of the molecule is O=C1CCCC2=Nc3[nH]ncc3C(c3cccc(Oc4ccc(Cl)cc4)c3)C12. The number of carbonyl (C=O) groups is 1. The summed E-state index contributed by atoms with van der Waals surface area (Å²) in [6.07, 6.45) is 4.11. The van der Waals surface area contributed by atoms with Gasteiger partial charge in [0.05, 0.1) is 12.1 Å². The van der Waals surface area contributed by atoms with Gasteiger partial charge in [0.2, 0.25) is 0 Å². The van der Waals surface area contributed by atoms with E-state index in [9.17, 15) is 4.79 Å². The van der Waals surface area contributed by atoms with Crippen molar-refractivity contribution in [1.82, 2.24) is 10.2 Å². The molecule has 2 unspecified atom stereocenters. The lowest BCUT2D eigenvalue weighted by Gasteiger charge is -2.33. The normalized spacial score (nSPS) is 20.9. The number of ketones is 1. The summed E-state index contributed by atoms with van der Waals surface area (Å²) in [5.41, 5.74) is 2.96. The summed E-state index contributed by atoms with van der Waals surface area (Å²) < 4.78 is 6.00. The van der Waals surface area contributed by atoms with Gasteiger partial charge in [0.15, 0.2) is 5.82 Å². The van der Waals surface area contributed by atoms with E-state index in [2.05, 4.69) is 15.2 Å². The average molecular weight is 392 g/mol. The standard InChI is InChI=1S/C22H18ClN3O2/c23-14-7-9-15(10-8-14)28-16-4-1-3-13(11-16)20-17-12-24-26-22(17)25-18-5-2-6-19(27)21(18)20/h1,3-4,7-12,20-21H,2,5-6H2,(H,24,26). The number of aliphatic imine (C=N–C) groups is 1. The van der Waals surface area contributed by atoms with E-state index in [1.54, 1.807) is 18.3 Å². The highest BCUT2D eigenvalue weighted by Crippen LogP contribution is 2.45. The minimum atomic E-state index is -0.218. The van der Waals surface area contributed by atoms with Crippen molar-refractivity contribution in [2.75, 3.05) is 0 Å². The maximum atomic E-state index is 12.8. The van der Waals surface area contributed by atoms with E-state index in [-0.39, 0.29) is 17.6 Å². The summed E-state index contributed by atoms with van der Waals surface area (Å²) in [7, 11) is 0. The lowest BCUT2D eigenvalue weighted by molar-refractivity contribution is -0.121. The number of nitrogens with one attached hydrogen (secondary N) is 1. The molecule has 0 bridgehead atoms. The molecule has 1 aliphatic heterocycles. The summed E-state index contributed by atoms with van der Waals surface area (Å²) in [4.78, 5) is 17.5. The Morgan fingerprint density at radius 1 is 1.04 bits per heavy atom. The van der Waals surface area contributed by atoms with Crippen molar-refractivity contribution < 1.29 is 9.53 Å². The van der Waals surface area contributed by atoms with Gasteiger partial charge in [-0.05, 0) is 54.8 Å². The number of Topliss-reactive ketones (excluding diaryl/α,β-unsaturated/α-hetero) is 1. The molecule has 2 atom stereocenters. The van der Waals surface area contributed by atoms with Gasteiger partial charge in [-0.1, -0.05) is 23.7 Å². The number of rotatable bonds is 3. The van der Waals surface area contributed by atoms with Crippen molar-refractivity contribution in [2.45, 2.75) is 25.2 Å². The number of aromatic nitrogens is 2. The number of halogens is 1. The largest absolute Gasteiger partial charge is 0.457 e. The third-order valence-corrected chi connectivity index (χ3v) is 5.65. The van der Waals surface area contributed by atoms with Gasteiger partial charge in [0, 0.05) is 28.6 Å². The molecule has 0 saturated heterocycles. The molecule has 0 spiro atoms. The van der Waals surface area contributed by atoms with Gasteiger partial charge < -0.3 is 4.74 Å². The number of hydrogen-bond donors (Lipinski definition) is 1. The molecule has 1 aromatic heterocycles. The highest BCUT2D eigenvalue weighted by atomic mass is 35.5. The van der Waals surface area contributed by atoms with E-state index in [0.29, 0.717) is 17.2 Å². The molecule has 0 amide bonds. The number of hydrogen-bond acceptors (Lipinski definition) is 4. The van der Waals surface area contributed by atoms with E-state index in [0.717, 1.165) is 41.2 Å². The Bertz CT molecular complexity index is 1070. The number of ether oxygens (including phenoxy) is 1. The van der Waals surface area contributed by atoms with Gasteiger partial charge in [-0.25, -0.2) is 4.99 Å². The zero-order chi connectivity index (χ0) is 19.1. The van der Waals surface area contributed by atoms with Gasteiger partial charge >= 0.3 is 0 Å². The minimum absolute atomic E-state index is 0.0946. The topological polar surface area (TPSA) is 67.3 Å². The van der Waals surface area contributed by atoms with Crippen LogP contribution < -0.4 is 4.74 Å². The molecule has 1 N–H and O–H groups in total. The summed E-state index contributed by atoms with van der Waals surface area (Å²) >= 11 is 5.95. The maximum Gasteiger partial charge on any atom is 0.151 e. The predicted molar refractivity (Wildman–Crippen MR) is 108 cm³/mol. The Labute approximate surface area is 167 Å². The van der Waals surface area contributed by atoms with Crippen molar-refractivity contribution in [3.63, 3.8) is 0 Å². The van der Waals surface area contributed by atoms with Crippen LogP contribution in [0.3, 0.4) is 0 Å². The van der Waals surface area contributed by atoms with E-state index in [1.165, 1.54) is 0 Å². The number of nitrogens with zero attached hydrogens (tertiary/aromatic N) is 2. The third kappa shape index (κ3) is 3.02. The van der Waals surface area contributed by atoms with Crippen molar-refractivity contribution in [3.05, 3.63) is 70.9 Å². The Morgan fingerprint density at radius 3 is 2.75 bits per heavy atom. The summed E-state index contributed by atoms with van der Waals surface area (Å²) in [6, 6.07) is 15.2. The van der Waals surface area contributed by atoms with E-state index < -0.39 is 0 Å². The number of H-pyrrole nitrogens is 1. The van der Waals surface area contributed by atoms with Gasteiger partial charge in [-0.15, -0.1) is 0 Å². The Balaban J connectivity index is 1.53. The van der Waals surface area contributed by atoms with Crippen LogP contribution >= 0.6 is 11.6 Å². The lowest BCUT2D eigenvalue weighted by atomic mass is 9.71. The first-order valence-corrected chi connectivity index (χ1v) is 9.73. The Hall–Kier alpha value is -2.92. The van der Waals surface area contributed by atoms with E-state index in [1.807, 2.05) is 36.4 Å². The van der Waals surface area contributed by atoms with Crippen molar-refractivity contribution >= 4 is 28.9 Å². The number of benzene rings is 2. The second-order valence-corrected chi connectivity index (χ2v) is 7.62. The molecule has 2 heterocycles. The Morgan fingerprint density at radius 2 is 1.89 bits per heavy atom. The third-order valence-electron chi connectivity index (χ3n) is 5.40. The monoisotopic (exact) mass is 391 g/mol. The highest BCUT2D eigenvalue weighted by molar-refractivity contribution is 6.30. The summed E-state index contributed by atoms with van der Waals surface area (Å²) in [5.74, 6) is 2.13. The smallest absolute Gasteiger partial charge is 0.151 e. The molecule has 140 valence electrons. The molecule has 3 aromatic rings. The fourth-order valence-corrected chi connectivity index (χ4v) is 4.28. The zero-order valence-corrected chi connectivity index (χ0v) is 15.8. The van der Waals surface area contributed by atoms with Gasteiger partial charge in [0.25, 0.3) is 0 Å². The molecule has 1 saturated carbocycles. The minimum Gasteiger partial charge on any atom is -0.457 e. The number of aromatic amines is 1. The van der Waals surface area contributed by atoms with Crippen LogP contribution in [0.25, 0.3) is 0 Å². The molecule has 28 heavy (non-hydrogen) atoms. The number of fused-ring (bicyclic) bond motifs is 2. The highest BCUT2D eigenvalue weighted by Gasteiger charge is 2.41. The first-order valence-electron chi connectivity index (χ1n) is 9.36. The van der Waals surface area contributed by atoms with Crippen molar-refractivity contribution in [2.24, 2.45) is 10.9 Å². The van der Waals surface area contributed by atoms with Crippen LogP contribution in [0.5, 0.6) is 11.5 Å². The van der Waals surface area contributed by atoms with Gasteiger partial charge in [-0.2, -0.15) is 5.10 Å². The summed E-state index contributed by atoms with van der Waals surface area (Å²) in [5, 5.41) is 7.81. The first-order chi connectivity index (χ1) is 13.7. The average Bonchev–Trinajstić information content (AvgIpc) is 3.17. The second-order valence-electron chi connectivity index (χ2n) is 7.18.